The third-order valence-electron chi connectivity index (χ3n) is 4.38. The molecule has 0 saturated carbocycles. The average molecular weight is 279 g/mol. The molecular weight excluding hydrogens is 257 g/mol. The molecule has 1 aromatic carbocycles. The van der Waals surface area contributed by atoms with Gasteiger partial charge in [-0.1, -0.05) is 12.1 Å². The molecule has 2 heterocycles. The molecule has 0 N–H and O–H groups in total. The van der Waals surface area contributed by atoms with E-state index in [0.29, 0.717) is 6.61 Å². The van der Waals surface area contributed by atoms with Crippen LogP contribution in [0.2, 0.25) is 0 Å². The molecule has 4 heteroatoms. The van der Waals surface area contributed by atoms with E-state index in [2.05, 4.69) is 4.90 Å². The fourth-order valence-corrected chi connectivity index (χ4v) is 3.25. The predicted octanol–water partition coefficient (Wildman–Crippen LogP) is 2.21. The zero-order chi connectivity index (χ0) is 13.8. The van der Waals surface area contributed by atoms with Gasteiger partial charge in [0.15, 0.2) is 0 Å². The Morgan fingerprint density at radius 1 is 1.15 bits per heavy atom. The summed E-state index contributed by atoms with van der Waals surface area (Å²) in [7, 11) is 0. The number of hydrogen-bond donors (Lipinski definition) is 0. The maximum atomic E-state index is 13.6. The van der Waals surface area contributed by atoms with Crippen LogP contribution < -0.4 is 0 Å². The summed E-state index contributed by atoms with van der Waals surface area (Å²) < 4.78 is 24.7. The van der Waals surface area contributed by atoms with E-state index in [-0.39, 0.29) is 11.2 Å². The molecule has 0 bridgehead atoms. The number of nitrogens with zero attached hydrogens (tertiary/aromatic N) is 1. The molecule has 0 aliphatic carbocycles. The normalized spacial score (nSPS) is 28.4. The highest BCUT2D eigenvalue weighted by atomic mass is 19.1. The Balaban J connectivity index is 1.80. The third-order valence-corrected chi connectivity index (χ3v) is 4.38. The summed E-state index contributed by atoms with van der Waals surface area (Å²) in [6, 6.07) is 7.01. The number of ether oxygens (including phenoxy) is 2. The van der Waals surface area contributed by atoms with Gasteiger partial charge in [0.05, 0.1) is 13.2 Å². The lowest BCUT2D eigenvalue weighted by Gasteiger charge is -2.34. The predicted molar refractivity (Wildman–Crippen MR) is 75.4 cm³/mol. The summed E-state index contributed by atoms with van der Waals surface area (Å²) >= 11 is 0. The van der Waals surface area contributed by atoms with Gasteiger partial charge in [-0.05, 0) is 30.5 Å². The molecule has 2 saturated heterocycles. The fourth-order valence-electron chi connectivity index (χ4n) is 3.25. The zero-order valence-corrected chi connectivity index (χ0v) is 11.8. The van der Waals surface area contributed by atoms with Crippen LogP contribution in [-0.4, -0.2) is 51.0 Å². The molecule has 0 aromatic heterocycles. The van der Waals surface area contributed by atoms with Gasteiger partial charge in [0.25, 0.3) is 0 Å². The van der Waals surface area contributed by atoms with E-state index in [9.17, 15) is 4.39 Å². The first-order valence-corrected chi connectivity index (χ1v) is 7.42. The Labute approximate surface area is 119 Å². The van der Waals surface area contributed by atoms with Crippen molar-refractivity contribution in [2.45, 2.75) is 18.3 Å². The quantitative estimate of drug-likeness (QED) is 0.847. The van der Waals surface area contributed by atoms with Crippen LogP contribution in [0.25, 0.3) is 0 Å². The molecule has 3 rings (SSSR count). The van der Waals surface area contributed by atoms with E-state index in [0.717, 1.165) is 57.9 Å². The largest absolute Gasteiger partial charge is 0.380 e. The minimum absolute atomic E-state index is 0.0631. The minimum Gasteiger partial charge on any atom is -0.380 e. The number of rotatable bonds is 3. The monoisotopic (exact) mass is 279 g/mol. The molecule has 2 aliphatic heterocycles. The Hall–Kier alpha value is -0.970. The van der Waals surface area contributed by atoms with Gasteiger partial charge in [-0.15, -0.1) is 0 Å². The standard InChI is InChI=1S/C16H22FNO2/c17-15-4-1-3-14(11-15)16(5-9-20-13-16)12-18-6-2-8-19-10-7-18/h1,3-4,11H,2,5-10,12-13H2. The summed E-state index contributed by atoms with van der Waals surface area (Å²) in [5.41, 5.74) is 1.01. The molecule has 1 unspecified atom stereocenters. The SMILES string of the molecule is Fc1cccc(C2(CN3CCCOCC3)CCOC2)c1. The van der Waals surface area contributed by atoms with Crippen molar-refractivity contribution >= 4 is 0 Å². The van der Waals surface area contributed by atoms with Crippen LogP contribution in [0.5, 0.6) is 0 Å². The van der Waals surface area contributed by atoms with E-state index < -0.39 is 0 Å². The van der Waals surface area contributed by atoms with Crippen molar-refractivity contribution in [3.8, 4) is 0 Å². The van der Waals surface area contributed by atoms with Gasteiger partial charge in [-0.3, -0.25) is 4.90 Å². The summed E-state index contributed by atoms with van der Waals surface area (Å²) in [6.45, 7) is 6.03. The summed E-state index contributed by atoms with van der Waals surface area (Å²) in [6.07, 6.45) is 2.04. The lowest BCUT2D eigenvalue weighted by molar-refractivity contribution is 0.128. The lowest BCUT2D eigenvalue weighted by atomic mass is 9.79. The van der Waals surface area contributed by atoms with Crippen LogP contribution >= 0.6 is 0 Å². The first-order valence-electron chi connectivity index (χ1n) is 7.42. The van der Waals surface area contributed by atoms with Gasteiger partial charge in [-0.25, -0.2) is 4.39 Å². The maximum Gasteiger partial charge on any atom is 0.123 e. The molecule has 3 nitrogen and oxygen atoms in total. The number of hydrogen-bond acceptors (Lipinski definition) is 3. The second-order valence-electron chi connectivity index (χ2n) is 5.84. The molecule has 110 valence electrons. The van der Waals surface area contributed by atoms with Crippen LogP contribution in [0, 0.1) is 5.82 Å². The Bertz CT molecular complexity index is 438. The van der Waals surface area contributed by atoms with Crippen LogP contribution in [0.15, 0.2) is 24.3 Å². The molecule has 2 fully saturated rings. The summed E-state index contributed by atoms with van der Waals surface area (Å²) in [5.74, 6) is -0.159. The molecule has 0 spiro atoms. The van der Waals surface area contributed by atoms with E-state index in [1.54, 1.807) is 12.1 Å². The van der Waals surface area contributed by atoms with E-state index in [1.807, 2.05) is 6.07 Å². The first kappa shape index (κ1) is 14.0. The molecule has 20 heavy (non-hydrogen) atoms. The second-order valence-corrected chi connectivity index (χ2v) is 5.84. The Morgan fingerprint density at radius 3 is 2.90 bits per heavy atom. The van der Waals surface area contributed by atoms with Crippen molar-refractivity contribution in [3.63, 3.8) is 0 Å². The minimum atomic E-state index is -0.159. The van der Waals surface area contributed by atoms with Crippen molar-refractivity contribution in [3.05, 3.63) is 35.6 Å². The van der Waals surface area contributed by atoms with Gasteiger partial charge in [0, 0.05) is 38.3 Å². The van der Waals surface area contributed by atoms with E-state index in [4.69, 9.17) is 9.47 Å². The highest BCUT2D eigenvalue weighted by molar-refractivity contribution is 5.28. The Kier molecular flexibility index (Phi) is 4.34. The molecule has 0 radical (unpaired) electrons. The molecule has 2 aliphatic rings. The lowest BCUT2D eigenvalue weighted by Crippen LogP contribution is -2.42. The van der Waals surface area contributed by atoms with Crippen molar-refractivity contribution in [1.29, 1.82) is 0 Å². The van der Waals surface area contributed by atoms with Gasteiger partial charge in [0.2, 0.25) is 0 Å². The van der Waals surface area contributed by atoms with Gasteiger partial charge >= 0.3 is 0 Å². The number of halogens is 1. The first-order chi connectivity index (χ1) is 9.78. The average Bonchev–Trinajstić information content (AvgIpc) is 2.77. The van der Waals surface area contributed by atoms with Crippen LogP contribution in [0.1, 0.15) is 18.4 Å². The number of benzene rings is 1. The van der Waals surface area contributed by atoms with Gasteiger partial charge in [0.1, 0.15) is 5.82 Å². The summed E-state index contributed by atoms with van der Waals surface area (Å²) in [4.78, 5) is 2.44. The molecular formula is C16H22FNO2. The second kappa shape index (κ2) is 6.20. The molecule has 1 atom stereocenters. The maximum absolute atomic E-state index is 13.6. The van der Waals surface area contributed by atoms with E-state index in [1.165, 1.54) is 6.07 Å². The smallest absolute Gasteiger partial charge is 0.123 e. The van der Waals surface area contributed by atoms with Crippen LogP contribution in [0.3, 0.4) is 0 Å². The highest BCUT2D eigenvalue weighted by Crippen LogP contribution is 2.34. The zero-order valence-electron chi connectivity index (χ0n) is 11.8. The third kappa shape index (κ3) is 3.03. The van der Waals surface area contributed by atoms with E-state index >= 15 is 0 Å². The van der Waals surface area contributed by atoms with Crippen LogP contribution in [0.4, 0.5) is 4.39 Å². The van der Waals surface area contributed by atoms with Gasteiger partial charge < -0.3 is 9.47 Å². The van der Waals surface area contributed by atoms with Crippen molar-refractivity contribution in [2.75, 3.05) is 46.1 Å². The highest BCUT2D eigenvalue weighted by Gasteiger charge is 2.38. The molecule has 1 aromatic rings. The van der Waals surface area contributed by atoms with Crippen LogP contribution in [-0.2, 0) is 14.9 Å². The van der Waals surface area contributed by atoms with Crippen molar-refractivity contribution in [1.82, 2.24) is 4.90 Å². The molecule has 0 amide bonds. The van der Waals surface area contributed by atoms with Gasteiger partial charge in [-0.2, -0.15) is 0 Å². The topological polar surface area (TPSA) is 21.7 Å². The Morgan fingerprint density at radius 2 is 2.10 bits per heavy atom. The van der Waals surface area contributed by atoms with Crippen molar-refractivity contribution in [2.24, 2.45) is 0 Å². The van der Waals surface area contributed by atoms with Crippen molar-refractivity contribution < 1.29 is 13.9 Å². The fraction of sp³-hybridized carbons (Fsp3) is 0.625. The summed E-state index contributed by atoms with van der Waals surface area (Å²) in [5, 5.41) is 0.